The third-order valence-electron chi connectivity index (χ3n) is 4.92. The van der Waals surface area contributed by atoms with E-state index in [2.05, 4.69) is 20.2 Å². The highest BCUT2D eigenvalue weighted by molar-refractivity contribution is 5.93. The van der Waals surface area contributed by atoms with Gasteiger partial charge >= 0.3 is 0 Å². The van der Waals surface area contributed by atoms with Gasteiger partial charge in [0.15, 0.2) is 5.82 Å². The minimum atomic E-state index is -0.422. The van der Waals surface area contributed by atoms with Gasteiger partial charge in [0.2, 0.25) is 0 Å². The number of carbonyl (C=O) groups is 1. The molecule has 25 heavy (non-hydrogen) atoms. The highest BCUT2D eigenvalue weighted by Crippen LogP contribution is 2.33. The van der Waals surface area contributed by atoms with Crippen molar-refractivity contribution in [3.63, 3.8) is 0 Å². The van der Waals surface area contributed by atoms with Crippen LogP contribution in [0.4, 0.5) is 5.82 Å². The summed E-state index contributed by atoms with van der Waals surface area (Å²) in [5.41, 5.74) is 0. The van der Waals surface area contributed by atoms with Crippen LogP contribution >= 0.6 is 0 Å². The quantitative estimate of drug-likeness (QED) is 0.917. The molecular weight excluding hydrogens is 320 g/mol. The van der Waals surface area contributed by atoms with Crippen LogP contribution in [0.15, 0.2) is 35.1 Å². The van der Waals surface area contributed by atoms with E-state index < -0.39 is 6.10 Å². The van der Waals surface area contributed by atoms with Gasteiger partial charge in [-0.05, 0) is 38.3 Å². The summed E-state index contributed by atoms with van der Waals surface area (Å²) in [5, 5.41) is 2.78. The molecule has 4 rings (SSSR count). The molecule has 1 amide bonds. The summed E-state index contributed by atoms with van der Waals surface area (Å²) < 4.78 is 11.8. The first kappa shape index (κ1) is 16.2. The minimum Gasteiger partial charge on any atom is -0.465 e. The first-order valence-corrected chi connectivity index (χ1v) is 8.71. The van der Waals surface area contributed by atoms with E-state index >= 15 is 0 Å². The van der Waals surface area contributed by atoms with Gasteiger partial charge in [-0.3, -0.25) is 14.7 Å². The van der Waals surface area contributed by atoms with Crippen molar-refractivity contribution in [3.8, 4) is 0 Å². The summed E-state index contributed by atoms with van der Waals surface area (Å²) in [4.78, 5) is 22.8. The molecule has 2 fully saturated rings. The maximum Gasteiger partial charge on any atom is 0.254 e. The summed E-state index contributed by atoms with van der Waals surface area (Å²) in [6.07, 6.45) is 6.94. The molecular formula is C18H22N4O3. The normalized spacial score (nSPS) is 26.4. The van der Waals surface area contributed by atoms with E-state index in [1.54, 1.807) is 12.4 Å². The van der Waals surface area contributed by atoms with Gasteiger partial charge in [-0.1, -0.05) is 0 Å². The van der Waals surface area contributed by atoms with Crippen molar-refractivity contribution in [2.24, 2.45) is 0 Å². The molecule has 0 radical (unpaired) electrons. The van der Waals surface area contributed by atoms with Gasteiger partial charge in [-0.25, -0.2) is 4.98 Å². The third-order valence-corrected chi connectivity index (χ3v) is 4.92. The molecule has 2 saturated heterocycles. The van der Waals surface area contributed by atoms with Crippen LogP contribution < -0.4 is 5.32 Å². The fourth-order valence-electron chi connectivity index (χ4n) is 3.74. The Labute approximate surface area is 146 Å². The van der Waals surface area contributed by atoms with Crippen LogP contribution in [0.25, 0.3) is 0 Å². The van der Waals surface area contributed by atoms with E-state index in [9.17, 15) is 4.79 Å². The van der Waals surface area contributed by atoms with Gasteiger partial charge in [-0.15, -0.1) is 0 Å². The number of rotatable bonds is 4. The first-order valence-electron chi connectivity index (χ1n) is 8.71. The molecule has 0 spiro atoms. The number of anilines is 1. The summed E-state index contributed by atoms with van der Waals surface area (Å²) >= 11 is 0. The number of hydrogen-bond acceptors (Lipinski definition) is 6. The zero-order chi connectivity index (χ0) is 17.2. The van der Waals surface area contributed by atoms with Gasteiger partial charge in [0.1, 0.15) is 17.6 Å². The second kappa shape index (κ2) is 6.93. The number of aryl methyl sites for hydroxylation is 1. The van der Waals surface area contributed by atoms with Gasteiger partial charge in [0.05, 0.1) is 18.8 Å². The molecule has 2 aromatic heterocycles. The molecule has 7 heteroatoms. The summed E-state index contributed by atoms with van der Waals surface area (Å²) in [6.45, 7) is 3.72. The highest BCUT2D eigenvalue weighted by Gasteiger charge is 2.41. The van der Waals surface area contributed by atoms with Gasteiger partial charge < -0.3 is 14.5 Å². The Kier molecular flexibility index (Phi) is 4.50. The van der Waals surface area contributed by atoms with Gasteiger partial charge in [0.25, 0.3) is 5.91 Å². The van der Waals surface area contributed by atoms with Crippen LogP contribution in [-0.4, -0.2) is 45.6 Å². The lowest BCUT2D eigenvalue weighted by atomic mass is 9.98. The fraction of sp³-hybridized carbons (Fsp3) is 0.500. The number of amides is 1. The maximum absolute atomic E-state index is 12.4. The van der Waals surface area contributed by atoms with Crippen LogP contribution in [0.2, 0.25) is 0 Å². The molecule has 2 aliphatic rings. The molecule has 0 bridgehead atoms. The second-order valence-corrected chi connectivity index (χ2v) is 6.66. The van der Waals surface area contributed by atoms with Crippen LogP contribution in [-0.2, 0) is 16.1 Å². The van der Waals surface area contributed by atoms with E-state index in [1.807, 2.05) is 19.1 Å². The Morgan fingerprint density at radius 2 is 2.24 bits per heavy atom. The van der Waals surface area contributed by atoms with Gasteiger partial charge in [0, 0.05) is 25.0 Å². The lowest BCUT2D eigenvalue weighted by molar-refractivity contribution is -0.138. The Morgan fingerprint density at radius 3 is 3.00 bits per heavy atom. The number of fused-ring (bicyclic) bond motifs is 1. The molecule has 0 unspecified atom stereocenters. The molecule has 4 heterocycles. The minimum absolute atomic E-state index is 0.0995. The number of hydrogen-bond donors (Lipinski definition) is 1. The summed E-state index contributed by atoms with van der Waals surface area (Å²) in [5.74, 6) is 2.24. The number of furan rings is 1. The van der Waals surface area contributed by atoms with Gasteiger partial charge in [-0.2, -0.15) is 0 Å². The Hall–Kier alpha value is -2.25. The van der Waals surface area contributed by atoms with Crippen molar-refractivity contribution in [2.75, 3.05) is 11.9 Å². The number of likely N-dealkylation sites (tertiary alicyclic amines) is 1. The average Bonchev–Trinajstić information content (AvgIpc) is 3.22. The van der Waals surface area contributed by atoms with E-state index in [-0.39, 0.29) is 12.0 Å². The fourth-order valence-corrected chi connectivity index (χ4v) is 3.74. The standard InChI is InChI=1S/C18H22N4O3/c1-12-2-3-13(24-12)11-22-9-6-15-14(22)4-5-16(25-15)18(23)21-17-10-19-7-8-20-17/h2-3,7-8,10,14-16H,4-6,9,11H2,1H3,(H,20,21,23)/t14-,15-,16+/m1/s1. The van der Waals surface area contributed by atoms with Crippen molar-refractivity contribution < 1.29 is 13.9 Å². The summed E-state index contributed by atoms with van der Waals surface area (Å²) in [7, 11) is 0. The Morgan fingerprint density at radius 1 is 1.32 bits per heavy atom. The van der Waals surface area contributed by atoms with Crippen molar-refractivity contribution in [1.29, 1.82) is 0 Å². The smallest absolute Gasteiger partial charge is 0.254 e. The molecule has 0 aliphatic carbocycles. The molecule has 132 valence electrons. The summed E-state index contributed by atoms with van der Waals surface area (Å²) in [6, 6.07) is 4.38. The molecule has 2 aromatic rings. The highest BCUT2D eigenvalue weighted by atomic mass is 16.5. The lowest BCUT2D eigenvalue weighted by Gasteiger charge is -2.35. The predicted octanol–water partition coefficient (Wildman–Crippen LogP) is 2.14. The number of ether oxygens (including phenoxy) is 1. The monoisotopic (exact) mass is 342 g/mol. The van der Waals surface area contributed by atoms with Crippen molar-refractivity contribution in [3.05, 3.63) is 42.2 Å². The van der Waals surface area contributed by atoms with Crippen LogP contribution in [0.5, 0.6) is 0 Å². The van der Waals surface area contributed by atoms with E-state index in [0.717, 1.165) is 37.5 Å². The van der Waals surface area contributed by atoms with E-state index in [4.69, 9.17) is 9.15 Å². The zero-order valence-corrected chi connectivity index (χ0v) is 14.2. The molecule has 0 saturated carbocycles. The number of nitrogens with zero attached hydrogens (tertiary/aromatic N) is 3. The zero-order valence-electron chi connectivity index (χ0n) is 14.2. The number of aromatic nitrogens is 2. The Bertz CT molecular complexity index is 733. The van der Waals surface area contributed by atoms with Crippen LogP contribution in [0.3, 0.4) is 0 Å². The van der Waals surface area contributed by atoms with Crippen molar-refractivity contribution in [2.45, 2.75) is 51.0 Å². The first-order chi connectivity index (χ1) is 12.2. The number of nitrogens with one attached hydrogen (secondary N) is 1. The largest absolute Gasteiger partial charge is 0.465 e. The molecule has 1 N–H and O–H groups in total. The number of carbonyl (C=O) groups excluding carboxylic acids is 1. The SMILES string of the molecule is Cc1ccc(CN2CC[C@H]3O[C@H](C(=O)Nc4cnccn4)CC[C@H]32)o1. The molecule has 7 nitrogen and oxygen atoms in total. The third kappa shape index (κ3) is 3.57. The molecule has 3 atom stereocenters. The van der Waals surface area contributed by atoms with Crippen LogP contribution in [0, 0.1) is 6.92 Å². The topological polar surface area (TPSA) is 80.5 Å². The molecule has 0 aromatic carbocycles. The van der Waals surface area contributed by atoms with E-state index in [0.29, 0.717) is 18.3 Å². The van der Waals surface area contributed by atoms with Crippen LogP contribution in [0.1, 0.15) is 30.8 Å². The van der Waals surface area contributed by atoms with E-state index in [1.165, 1.54) is 6.20 Å². The van der Waals surface area contributed by atoms with Crippen molar-refractivity contribution >= 4 is 11.7 Å². The Balaban J connectivity index is 1.34. The molecule has 2 aliphatic heterocycles. The lowest BCUT2D eigenvalue weighted by Crippen LogP contribution is -2.46. The van der Waals surface area contributed by atoms with Crippen molar-refractivity contribution in [1.82, 2.24) is 14.9 Å². The average molecular weight is 342 g/mol. The maximum atomic E-state index is 12.4. The second-order valence-electron chi connectivity index (χ2n) is 6.66. The predicted molar refractivity (Wildman–Crippen MR) is 90.8 cm³/mol.